The van der Waals surface area contributed by atoms with Crippen molar-refractivity contribution in [3.8, 4) is 11.5 Å². The van der Waals surface area contributed by atoms with Crippen LogP contribution in [-0.2, 0) is 17.8 Å². The number of carbonyl (C=O) groups excluding carboxylic acids is 2. The van der Waals surface area contributed by atoms with Gasteiger partial charge in [-0.1, -0.05) is 24.3 Å². The average molecular weight is 573 g/mol. The third-order valence-electron chi connectivity index (χ3n) is 6.07. The lowest BCUT2D eigenvalue weighted by atomic mass is 10.1. The highest BCUT2D eigenvalue weighted by Gasteiger charge is 2.35. The van der Waals surface area contributed by atoms with Crippen LogP contribution in [-0.4, -0.2) is 55.1 Å². The quantitative estimate of drug-likeness (QED) is 0.316. The summed E-state index contributed by atoms with van der Waals surface area (Å²) in [5.41, 5.74) is 1.73. The molecule has 9 heteroatoms. The van der Waals surface area contributed by atoms with Crippen molar-refractivity contribution in [3.05, 3.63) is 74.9 Å². The molecule has 7 nitrogen and oxygen atoms in total. The van der Waals surface area contributed by atoms with E-state index < -0.39 is 0 Å². The van der Waals surface area contributed by atoms with Gasteiger partial charge in [0.1, 0.15) is 6.54 Å². The molecule has 1 N–H and O–H groups in total. The number of amides is 3. The number of nitrogens with zero attached hydrogens (tertiary/aromatic N) is 2. The van der Waals surface area contributed by atoms with Crippen molar-refractivity contribution in [2.45, 2.75) is 31.8 Å². The number of methoxy groups -OCH3 is 2. The molecule has 1 aromatic heterocycles. The number of halogens is 1. The van der Waals surface area contributed by atoms with E-state index in [9.17, 15) is 9.59 Å². The molecule has 3 amide bonds. The molecule has 0 spiro atoms. The SMILES string of the molecule is COc1ccc(CCN(Cc2cccs2)C(=O)CN(C(=O)Nc2ccccc2Br)C2CC2)cc1OC. The molecule has 0 bridgehead atoms. The zero-order valence-corrected chi connectivity index (χ0v) is 22.8. The second kappa shape index (κ2) is 12.3. The van der Waals surface area contributed by atoms with Gasteiger partial charge in [0, 0.05) is 21.9 Å². The molecule has 190 valence electrons. The molecule has 0 radical (unpaired) electrons. The van der Waals surface area contributed by atoms with Crippen LogP contribution in [0, 0.1) is 0 Å². The minimum absolute atomic E-state index is 0.0399. The molecule has 4 rings (SSSR count). The van der Waals surface area contributed by atoms with Crippen molar-refractivity contribution >= 4 is 44.9 Å². The Morgan fingerprint density at radius 1 is 1.06 bits per heavy atom. The summed E-state index contributed by atoms with van der Waals surface area (Å²) < 4.78 is 11.6. The molecule has 1 aliphatic rings. The molecule has 1 saturated carbocycles. The lowest BCUT2D eigenvalue weighted by Gasteiger charge is -2.28. The van der Waals surface area contributed by atoms with Crippen molar-refractivity contribution in [1.29, 1.82) is 0 Å². The number of benzene rings is 2. The number of thiophene rings is 1. The highest BCUT2D eigenvalue weighted by Crippen LogP contribution is 2.30. The standard InChI is InChI=1S/C27H30BrN3O4S/c1-34-24-12-9-19(16-25(24)35-2)13-14-30(17-21-6-5-15-36-21)26(32)18-31(20-10-11-20)27(33)29-23-8-4-3-7-22(23)28/h3-9,12,15-16,20H,10-11,13-14,17-18H2,1-2H3,(H,29,33). The Morgan fingerprint density at radius 3 is 2.50 bits per heavy atom. The number of para-hydroxylation sites is 1. The molecule has 0 saturated heterocycles. The van der Waals surface area contributed by atoms with Crippen molar-refractivity contribution in [3.63, 3.8) is 0 Å². The summed E-state index contributed by atoms with van der Waals surface area (Å²) in [6, 6.07) is 17.1. The first kappa shape index (κ1) is 26.0. The van der Waals surface area contributed by atoms with Crippen LogP contribution in [0.15, 0.2) is 64.5 Å². The zero-order chi connectivity index (χ0) is 25.5. The van der Waals surface area contributed by atoms with Crippen molar-refractivity contribution in [2.24, 2.45) is 0 Å². The van der Waals surface area contributed by atoms with Crippen LogP contribution in [0.3, 0.4) is 0 Å². The molecule has 0 atom stereocenters. The van der Waals surface area contributed by atoms with Crippen molar-refractivity contribution in [1.82, 2.24) is 9.80 Å². The summed E-state index contributed by atoms with van der Waals surface area (Å²) >= 11 is 5.09. The van der Waals surface area contributed by atoms with Gasteiger partial charge in [0.15, 0.2) is 11.5 Å². The van der Waals surface area contributed by atoms with Crippen LogP contribution in [0.5, 0.6) is 11.5 Å². The molecule has 0 aliphatic heterocycles. The maximum Gasteiger partial charge on any atom is 0.322 e. The van der Waals surface area contributed by atoms with Crippen LogP contribution in [0.4, 0.5) is 10.5 Å². The fourth-order valence-corrected chi connectivity index (χ4v) is 5.03. The molecular weight excluding hydrogens is 542 g/mol. The van der Waals surface area contributed by atoms with E-state index in [2.05, 4.69) is 21.2 Å². The summed E-state index contributed by atoms with van der Waals surface area (Å²) in [6.07, 6.45) is 2.48. The molecular formula is C27H30BrN3O4S. The fraction of sp³-hybridized carbons (Fsp3) is 0.333. The van der Waals surface area contributed by atoms with Gasteiger partial charge in [-0.3, -0.25) is 4.79 Å². The predicted molar refractivity (Wildman–Crippen MR) is 146 cm³/mol. The molecule has 3 aromatic rings. The summed E-state index contributed by atoms with van der Waals surface area (Å²) in [5.74, 6) is 1.26. The number of anilines is 1. The van der Waals surface area contributed by atoms with E-state index in [0.717, 1.165) is 27.8 Å². The first-order valence-electron chi connectivity index (χ1n) is 11.8. The summed E-state index contributed by atoms with van der Waals surface area (Å²) in [4.78, 5) is 31.3. The highest BCUT2D eigenvalue weighted by molar-refractivity contribution is 9.10. The van der Waals surface area contributed by atoms with Crippen LogP contribution >= 0.6 is 27.3 Å². The first-order chi connectivity index (χ1) is 17.5. The van der Waals surface area contributed by atoms with Crippen molar-refractivity contribution in [2.75, 3.05) is 32.6 Å². The number of hydrogen-bond donors (Lipinski definition) is 1. The van der Waals surface area contributed by atoms with Gasteiger partial charge in [0.2, 0.25) is 5.91 Å². The van der Waals surface area contributed by atoms with E-state index >= 15 is 0 Å². The molecule has 0 unspecified atom stereocenters. The van der Waals surface area contributed by atoms with E-state index in [4.69, 9.17) is 9.47 Å². The fourth-order valence-electron chi connectivity index (χ4n) is 3.93. The minimum atomic E-state index is -0.256. The minimum Gasteiger partial charge on any atom is -0.493 e. The molecule has 36 heavy (non-hydrogen) atoms. The van der Waals surface area contributed by atoms with Crippen LogP contribution in [0.1, 0.15) is 23.3 Å². The number of urea groups is 1. The van der Waals surface area contributed by atoms with Gasteiger partial charge in [-0.05, 0) is 76.5 Å². The second-order valence-corrected chi connectivity index (χ2v) is 10.5. The lowest BCUT2D eigenvalue weighted by molar-refractivity contribution is -0.132. The van der Waals surface area contributed by atoms with E-state index in [0.29, 0.717) is 36.7 Å². The van der Waals surface area contributed by atoms with Crippen LogP contribution in [0.2, 0.25) is 0 Å². The van der Waals surface area contributed by atoms with Crippen molar-refractivity contribution < 1.29 is 19.1 Å². The van der Waals surface area contributed by atoms with E-state index in [-0.39, 0.29) is 24.5 Å². The third-order valence-corrected chi connectivity index (χ3v) is 7.62. The predicted octanol–water partition coefficient (Wildman–Crippen LogP) is 5.80. The molecule has 2 aromatic carbocycles. The zero-order valence-electron chi connectivity index (χ0n) is 20.4. The summed E-state index contributed by atoms with van der Waals surface area (Å²) in [7, 11) is 3.22. The topological polar surface area (TPSA) is 71.1 Å². The number of hydrogen-bond acceptors (Lipinski definition) is 5. The maximum absolute atomic E-state index is 13.5. The second-order valence-electron chi connectivity index (χ2n) is 8.60. The normalized spacial score (nSPS) is 12.6. The van der Waals surface area contributed by atoms with E-state index in [1.54, 1.807) is 30.5 Å². The number of nitrogens with one attached hydrogen (secondary N) is 1. The average Bonchev–Trinajstić information content (AvgIpc) is 3.60. The Morgan fingerprint density at radius 2 is 1.83 bits per heavy atom. The Bertz CT molecular complexity index is 1180. The Hall–Kier alpha value is -3.04. The van der Waals surface area contributed by atoms with Gasteiger partial charge >= 0.3 is 6.03 Å². The van der Waals surface area contributed by atoms with E-state index in [1.807, 2.05) is 64.9 Å². The maximum atomic E-state index is 13.5. The Balaban J connectivity index is 1.46. The Labute approximate surface area is 224 Å². The van der Waals surface area contributed by atoms with Gasteiger partial charge in [-0.2, -0.15) is 0 Å². The molecule has 1 heterocycles. The molecule has 1 fully saturated rings. The monoisotopic (exact) mass is 571 g/mol. The van der Waals surface area contributed by atoms with Gasteiger partial charge < -0.3 is 24.6 Å². The van der Waals surface area contributed by atoms with Gasteiger partial charge in [-0.25, -0.2) is 4.79 Å². The lowest BCUT2D eigenvalue weighted by Crippen LogP contribution is -2.45. The number of carbonyl (C=O) groups is 2. The number of ether oxygens (including phenoxy) is 2. The first-order valence-corrected chi connectivity index (χ1v) is 13.5. The van der Waals surface area contributed by atoms with Crippen LogP contribution < -0.4 is 14.8 Å². The highest BCUT2D eigenvalue weighted by atomic mass is 79.9. The van der Waals surface area contributed by atoms with E-state index in [1.165, 1.54) is 0 Å². The van der Waals surface area contributed by atoms with Gasteiger partial charge in [-0.15, -0.1) is 11.3 Å². The molecule has 1 aliphatic carbocycles. The smallest absolute Gasteiger partial charge is 0.322 e. The largest absolute Gasteiger partial charge is 0.493 e. The third kappa shape index (κ3) is 6.79. The summed E-state index contributed by atoms with van der Waals surface area (Å²) in [6.45, 7) is 1.07. The summed E-state index contributed by atoms with van der Waals surface area (Å²) in [5, 5.41) is 4.96. The number of rotatable bonds is 11. The Kier molecular flexibility index (Phi) is 8.88. The van der Waals surface area contributed by atoms with Gasteiger partial charge in [0.25, 0.3) is 0 Å². The van der Waals surface area contributed by atoms with Crippen LogP contribution in [0.25, 0.3) is 0 Å². The van der Waals surface area contributed by atoms with Gasteiger partial charge in [0.05, 0.1) is 26.5 Å².